The highest BCUT2D eigenvalue weighted by atomic mass is 35.5. The molecule has 0 bridgehead atoms. The Morgan fingerprint density at radius 2 is 1.94 bits per heavy atom. The molecule has 0 saturated carbocycles. The lowest BCUT2D eigenvalue weighted by molar-refractivity contribution is -0.120. The van der Waals surface area contributed by atoms with E-state index in [-0.39, 0.29) is 41.1 Å². The van der Waals surface area contributed by atoms with E-state index in [1.807, 2.05) is 0 Å². The summed E-state index contributed by atoms with van der Waals surface area (Å²) in [5.41, 5.74) is 0.581. The first kappa shape index (κ1) is 23.2. The van der Waals surface area contributed by atoms with E-state index in [0.29, 0.717) is 18.5 Å². The van der Waals surface area contributed by atoms with Crippen LogP contribution in [-0.4, -0.2) is 44.3 Å². The molecule has 1 amide bonds. The molecule has 7 nitrogen and oxygen atoms in total. The fraction of sp³-hybridized carbons (Fsp3) is 0.333. The zero-order valence-electron chi connectivity index (χ0n) is 16.8. The first-order chi connectivity index (χ1) is 14.7. The molecule has 0 radical (unpaired) electrons. The summed E-state index contributed by atoms with van der Waals surface area (Å²) >= 11 is 6.12. The van der Waals surface area contributed by atoms with E-state index in [2.05, 4.69) is 5.32 Å². The second-order valence-electron chi connectivity index (χ2n) is 7.06. The molecule has 1 fully saturated rings. The molecule has 1 aliphatic heterocycles. The van der Waals surface area contributed by atoms with Gasteiger partial charge in [0.15, 0.2) is 0 Å². The minimum absolute atomic E-state index is 0.0141. The second kappa shape index (κ2) is 9.76. The van der Waals surface area contributed by atoms with Gasteiger partial charge in [-0.05, 0) is 62.2 Å². The summed E-state index contributed by atoms with van der Waals surface area (Å²) in [4.78, 5) is 24.6. The summed E-state index contributed by atoms with van der Waals surface area (Å²) in [6, 6.07) is 9.04. The number of benzene rings is 2. The Balaban J connectivity index is 1.69. The van der Waals surface area contributed by atoms with Gasteiger partial charge in [0.05, 0.1) is 28.0 Å². The Hall–Kier alpha value is -2.49. The van der Waals surface area contributed by atoms with Gasteiger partial charge in [-0.25, -0.2) is 17.6 Å². The first-order valence-corrected chi connectivity index (χ1v) is 11.6. The van der Waals surface area contributed by atoms with E-state index in [9.17, 15) is 22.4 Å². The summed E-state index contributed by atoms with van der Waals surface area (Å²) in [7, 11) is -3.83. The fourth-order valence-electron chi connectivity index (χ4n) is 3.34. The average molecular weight is 469 g/mol. The summed E-state index contributed by atoms with van der Waals surface area (Å²) in [5, 5.41) is 2.86. The molecule has 3 rings (SSSR count). The van der Waals surface area contributed by atoms with Gasteiger partial charge in [-0.15, -0.1) is 0 Å². The number of hydrogen-bond acceptors (Lipinski definition) is 5. The van der Waals surface area contributed by atoms with Gasteiger partial charge in [0.1, 0.15) is 5.82 Å². The molecule has 2 aromatic rings. The van der Waals surface area contributed by atoms with Crippen LogP contribution in [0.15, 0.2) is 47.4 Å². The topological polar surface area (TPSA) is 92.8 Å². The molecule has 1 unspecified atom stereocenters. The van der Waals surface area contributed by atoms with Crippen LogP contribution in [0.2, 0.25) is 5.02 Å². The molecule has 1 aliphatic rings. The zero-order chi connectivity index (χ0) is 22.6. The van der Waals surface area contributed by atoms with Gasteiger partial charge in [-0.3, -0.25) is 4.79 Å². The average Bonchev–Trinajstić information content (AvgIpc) is 2.74. The van der Waals surface area contributed by atoms with Crippen molar-refractivity contribution in [1.82, 2.24) is 4.31 Å². The highest BCUT2D eigenvalue weighted by molar-refractivity contribution is 7.89. The number of ether oxygens (including phenoxy) is 1. The van der Waals surface area contributed by atoms with Gasteiger partial charge in [0, 0.05) is 18.8 Å². The quantitative estimate of drug-likeness (QED) is 0.652. The highest BCUT2D eigenvalue weighted by Crippen LogP contribution is 2.26. The Morgan fingerprint density at radius 1 is 1.23 bits per heavy atom. The number of hydrogen-bond donors (Lipinski definition) is 1. The number of anilines is 1. The molecule has 31 heavy (non-hydrogen) atoms. The van der Waals surface area contributed by atoms with E-state index in [0.717, 1.165) is 12.1 Å². The number of nitrogens with zero attached hydrogens (tertiary/aromatic N) is 1. The van der Waals surface area contributed by atoms with Crippen molar-refractivity contribution in [3.8, 4) is 0 Å². The molecule has 0 aliphatic carbocycles. The lowest BCUT2D eigenvalue weighted by Gasteiger charge is -2.31. The first-order valence-electron chi connectivity index (χ1n) is 9.75. The van der Waals surface area contributed by atoms with Crippen molar-refractivity contribution < 1.29 is 27.1 Å². The second-order valence-corrected chi connectivity index (χ2v) is 9.41. The van der Waals surface area contributed by atoms with Gasteiger partial charge in [-0.2, -0.15) is 4.31 Å². The normalized spacial score (nSPS) is 17.2. The SMILES string of the molecule is CCOC(=O)c1ccc(NC(=O)C2CCCN(S(=O)(=O)c3ccc(F)cc3)C2)cc1Cl. The maximum Gasteiger partial charge on any atom is 0.339 e. The lowest BCUT2D eigenvalue weighted by atomic mass is 9.98. The van der Waals surface area contributed by atoms with E-state index in [1.165, 1.54) is 34.6 Å². The number of sulfonamides is 1. The summed E-state index contributed by atoms with van der Waals surface area (Å²) < 4.78 is 45.0. The largest absolute Gasteiger partial charge is 0.462 e. The molecular formula is C21H22ClFN2O5S. The van der Waals surface area contributed by atoms with Crippen molar-refractivity contribution in [2.75, 3.05) is 25.0 Å². The van der Waals surface area contributed by atoms with Crippen LogP contribution in [0.5, 0.6) is 0 Å². The van der Waals surface area contributed by atoms with Crippen molar-refractivity contribution in [1.29, 1.82) is 0 Å². The monoisotopic (exact) mass is 468 g/mol. The van der Waals surface area contributed by atoms with Crippen molar-refractivity contribution in [3.05, 3.63) is 58.9 Å². The van der Waals surface area contributed by atoms with Crippen molar-refractivity contribution in [2.45, 2.75) is 24.7 Å². The standard InChI is InChI=1S/C21H22ClFN2O5S/c1-2-30-21(27)18-10-7-16(12-19(18)22)24-20(26)14-4-3-11-25(13-14)31(28,29)17-8-5-15(23)6-9-17/h5-10,12,14H,2-4,11,13H2,1H3,(H,24,26). The summed E-state index contributed by atoms with van der Waals surface area (Å²) in [5.74, 6) is -1.99. The summed E-state index contributed by atoms with van der Waals surface area (Å²) in [6.45, 7) is 2.19. The number of carbonyl (C=O) groups is 2. The van der Waals surface area contributed by atoms with E-state index in [1.54, 1.807) is 6.92 Å². The van der Waals surface area contributed by atoms with Crippen molar-refractivity contribution >= 4 is 39.2 Å². The maximum atomic E-state index is 13.1. The summed E-state index contributed by atoms with van der Waals surface area (Å²) in [6.07, 6.45) is 1.04. The maximum absolute atomic E-state index is 13.1. The third-order valence-electron chi connectivity index (χ3n) is 4.94. The van der Waals surface area contributed by atoms with E-state index in [4.69, 9.17) is 16.3 Å². The molecule has 2 aromatic carbocycles. The molecule has 10 heteroatoms. The Kier molecular flexibility index (Phi) is 7.30. The van der Waals surface area contributed by atoms with Gasteiger partial charge < -0.3 is 10.1 Å². The Bertz CT molecular complexity index is 1080. The predicted octanol–water partition coefficient (Wildman–Crippen LogP) is 3.70. The van der Waals surface area contributed by atoms with Gasteiger partial charge in [0.25, 0.3) is 0 Å². The fourth-order valence-corrected chi connectivity index (χ4v) is 5.12. The minimum Gasteiger partial charge on any atom is -0.462 e. The molecule has 0 spiro atoms. The third-order valence-corrected chi connectivity index (χ3v) is 7.13. The smallest absolute Gasteiger partial charge is 0.339 e. The van der Waals surface area contributed by atoms with Gasteiger partial charge in [-0.1, -0.05) is 11.6 Å². The molecule has 166 valence electrons. The highest BCUT2D eigenvalue weighted by Gasteiger charge is 2.33. The minimum atomic E-state index is -3.83. The van der Waals surface area contributed by atoms with E-state index >= 15 is 0 Å². The Morgan fingerprint density at radius 3 is 2.58 bits per heavy atom. The number of carbonyl (C=O) groups excluding carboxylic acids is 2. The van der Waals surface area contributed by atoms with Crippen LogP contribution in [0, 0.1) is 11.7 Å². The van der Waals surface area contributed by atoms with Crippen LogP contribution in [0.4, 0.5) is 10.1 Å². The van der Waals surface area contributed by atoms with Crippen molar-refractivity contribution in [2.24, 2.45) is 5.92 Å². The number of nitrogens with one attached hydrogen (secondary N) is 1. The molecule has 1 N–H and O–H groups in total. The predicted molar refractivity (Wildman–Crippen MR) is 114 cm³/mol. The van der Waals surface area contributed by atoms with Crippen LogP contribution in [0.1, 0.15) is 30.1 Å². The van der Waals surface area contributed by atoms with Crippen LogP contribution >= 0.6 is 11.6 Å². The molecule has 0 aromatic heterocycles. The van der Waals surface area contributed by atoms with Gasteiger partial charge in [0.2, 0.25) is 15.9 Å². The number of piperidine rings is 1. The number of amides is 1. The van der Waals surface area contributed by atoms with E-state index < -0.39 is 27.7 Å². The van der Waals surface area contributed by atoms with Gasteiger partial charge >= 0.3 is 5.97 Å². The molecule has 1 atom stereocenters. The van der Waals surface area contributed by atoms with Crippen LogP contribution in [0.3, 0.4) is 0 Å². The lowest BCUT2D eigenvalue weighted by Crippen LogP contribution is -2.43. The van der Waals surface area contributed by atoms with Crippen LogP contribution in [0.25, 0.3) is 0 Å². The van der Waals surface area contributed by atoms with Crippen LogP contribution in [-0.2, 0) is 19.6 Å². The Labute approximate surface area is 185 Å². The molecule has 1 heterocycles. The zero-order valence-corrected chi connectivity index (χ0v) is 18.4. The molecular weight excluding hydrogens is 447 g/mol. The third kappa shape index (κ3) is 5.41. The number of rotatable bonds is 6. The van der Waals surface area contributed by atoms with Crippen LogP contribution < -0.4 is 5.32 Å². The van der Waals surface area contributed by atoms with Crippen molar-refractivity contribution in [3.63, 3.8) is 0 Å². The number of halogens is 2. The molecule has 1 saturated heterocycles. The number of esters is 1.